The SMILES string of the molecule is CCNC(=NCc1cccc(S(=O)(=O)NCCOC)c1)N1CCc2ccccc2C1. The Morgan fingerprint density at radius 3 is 2.73 bits per heavy atom. The van der Waals surface area contributed by atoms with Gasteiger partial charge in [-0.2, -0.15) is 0 Å². The number of fused-ring (bicyclic) bond motifs is 1. The van der Waals surface area contributed by atoms with Crippen molar-refractivity contribution in [2.75, 3.05) is 33.4 Å². The molecule has 0 spiro atoms. The molecule has 2 aromatic carbocycles. The van der Waals surface area contributed by atoms with Crippen LogP contribution >= 0.6 is 0 Å². The van der Waals surface area contributed by atoms with Crippen LogP contribution in [-0.4, -0.2) is 52.6 Å². The maximum absolute atomic E-state index is 12.4. The summed E-state index contributed by atoms with van der Waals surface area (Å²) in [4.78, 5) is 7.26. The van der Waals surface area contributed by atoms with E-state index in [0.717, 1.165) is 37.6 Å². The maximum Gasteiger partial charge on any atom is 0.240 e. The first-order valence-corrected chi connectivity index (χ1v) is 11.7. The molecule has 0 amide bonds. The first-order chi connectivity index (χ1) is 14.5. The van der Waals surface area contributed by atoms with Crippen LogP contribution in [0, 0.1) is 0 Å². The van der Waals surface area contributed by atoms with Gasteiger partial charge in [-0.15, -0.1) is 0 Å². The average Bonchev–Trinajstić information content (AvgIpc) is 2.76. The van der Waals surface area contributed by atoms with Crippen molar-refractivity contribution < 1.29 is 13.2 Å². The zero-order chi connectivity index (χ0) is 21.4. The lowest BCUT2D eigenvalue weighted by Gasteiger charge is -2.31. The van der Waals surface area contributed by atoms with Crippen molar-refractivity contribution in [3.05, 3.63) is 65.2 Å². The monoisotopic (exact) mass is 430 g/mol. The molecule has 7 nitrogen and oxygen atoms in total. The Balaban J connectivity index is 1.72. The molecule has 0 saturated carbocycles. The van der Waals surface area contributed by atoms with Crippen molar-refractivity contribution in [3.63, 3.8) is 0 Å². The summed E-state index contributed by atoms with van der Waals surface area (Å²) in [5.41, 5.74) is 3.56. The Kier molecular flexibility index (Phi) is 7.84. The summed E-state index contributed by atoms with van der Waals surface area (Å²) in [5, 5.41) is 3.36. The van der Waals surface area contributed by atoms with Crippen molar-refractivity contribution in [3.8, 4) is 0 Å². The summed E-state index contributed by atoms with van der Waals surface area (Å²) in [7, 11) is -2.02. The molecule has 1 aliphatic rings. The molecule has 0 aromatic heterocycles. The lowest BCUT2D eigenvalue weighted by Crippen LogP contribution is -2.44. The van der Waals surface area contributed by atoms with Crippen molar-refractivity contribution in [2.24, 2.45) is 4.99 Å². The first-order valence-electron chi connectivity index (χ1n) is 10.2. The van der Waals surface area contributed by atoms with E-state index in [4.69, 9.17) is 9.73 Å². The molecule has 3 rings (SSSR count). The average molecular weight is 431 g/mol. The minimum atomic E-state index is -3.56. The Bertz CT molecular complexity index is 976. The van der Waals surface area contributed by atoms with Crippen molar-refractivity contribution in [1.82, 2.24) is 14.9 Å². The van der Waals surface area contributed by atoms with Crippen LogP contribution in [0.1, 0.15) is 23.6 Å². The lowest BCUT2D eigenvalue weighted by molar-refractivity contribution is 0.204. The molecule has 8 heteroatoms. The Hall–Kier alpha value is -2.42. The van der Waals surface area contributed by atoms with E-state index in [-0.39, 0.29) is 11.4 Å². The number of hydrogen-bond donors (Lipinski definition) is 2. The lowest BCUT2D eigenvalue weighted by atomic mass is 10.0. The largest absolute Gasteiger partial charge is 0.383 e. The number of guanidine groups is 1. The van der Waals surface area contributed by atoms with Gasteiger partial charge in [-0.05, 0) is 42.2 Å². The van der Waals surface area contributed by atoms with E-state index in [9.17, 15) is 8.42 Å². The van der Waals surface area contributed by atoms with Crippen molar-refractivity contribution in [1.29, 1.82) is 0 Å². The zero-order valence-electron chi connectivity index (χ0n) is 17.6. The predicted molar refractivity (Wildman–Crippen MR) is 119 cm³/mol. The number of aliphatic imine (C=N–C) groups is 1. The van der Waals surface area contributed by atoms with Crippen LogP contribution in [0.25, 0.3) is 0 Å². The van der Waals surface area contributed by atoms with Crippen LogP contribution in [0.5, 0.6) is 0 Å². The molecular weight excluding hydrogens is 400 g/mol. The maximum atomic E-state index is 12.4. The summed E-state index contributed by atoms with van der Waals surface area (Å²) in [6, 6.07) is 15.4. The Morgan fingerprint density at radius 1 is 1.17 bits per heavy atom. The van der Waals surface area contributed by atoms with E-state index in [1.54, 1.807) is 18.2 Å². The van der Waals surface area contributed by atoms with Crippen molar-refractivity contribution in [2.45, 2.75) is 31.3 Å². The fourth-order valence-corrected chi connectivity index (χ4v) is 4.52. The van der Waals surface area contributed by atoms with E-state index >= 15 is 0 Å². The summed E-state index contributed by atoms with van der Waals surface area (Å²) in [6.45, 7) is 5.51. The Labute approximate surface area is 179 Å². The smallest absolute Gasteiger partial charge is 0.240 e. The van der Waals surface area contributed by atoms with E-state index < -0.39 is 10.0 Å². The number of nitrogens with one attached hydrogen (secondary N) is 2. The zero-order valence-corrected chi connectivity index (χ0v) is 18.4. The summed E-state index contributed by atoms with van der Waals surface area (Å²) < 4.78 is 32.3. The number of rotatable bonds is 8. The normalized spacial score (nSPS) is 14.5. The molecule has 2 aromatic rings. The molecule has 162 valence electrons. The van der Waals surface area contributed by atoms with Gasteiger partial charge < -0.3 is 15.0 Å². The highest BCUT2D eigenvalue weighted by atomic mass is 32.2. The third kappa shape index (κ3) is 5.81. The van der Waals surface area contributed by atoms with Gasteiger partial charge in [0, 0.05) is 33.3 Å². The molecule has 0 radical (unpaired) electrons. The van der Waals surface area contributed by atoms with Gasteiger partial charge >= 0.3 is 0 Å². The van der Waals surface area contributed by atoms with Gasteiger partial charge in [-0.3, -0.25) is 0 Å². The fraction of sp³-hybridized carbons (Fsp3) is 0.409. The summed E-state index contributed by atoms with van der Waals surface area (Å²) in [6.07, 6.45) is 0.988. The van der Waals surface area contributed by atoms with Crippen LogP contribution in [0.15, 0.2) is 58.4 Å². The first kappa shape index (κ1) is 22.3. The second kappa shape index (κ2) is 10.6. The summed E-state index contributed by atoms with van der Waals surface area (Å²) >= 11 is 0. The van der Waals surface area contributed by atoms with Gasteiger partial charge in [-0.25, -0.2) is 18.1 Å². The highest BCUT2D eigenvalue weighted by Gasteiger charge is 2.19. The fourth-order valence-electron chi connectivity index (χ4n) is 3.44. The third-order valence-corrected chi connectivity index (χ3v) is 6.44. The number of benzene rings is 2. The van der Waals surface area contributed by atoms with Crippen LogP contribution in [0.4, 0.5) is 0 Å². The number of hydrogen-bond acceptors (Lipinski definition) is 4. The minimum absolute atomic E-state index is 0.238. The predicted octanol–water partition coefficient (Wildman–Crippen LogP) is 2.14. The molecule has 1 heterocycles. The number of sulfonamides is 1. The molecule has 0 fully saturated rings. The van der Waals surface area contributed by atoms with Gasteiger partial charge in [0.25, 0.3) is 0 Å². The molecule has 30 heavy (non-hydrogen) atoms. The van der Waals surface area contributed by atoms with E-state index in [1.165, 1.54) is 18.2 Å². The van der Waals surface area contributed by atoms with Gasteiger partial charge in [0.2, 0.25) is 10.0 Å². The molecule has 0 saturated heterocycles. The topological polar surface area (TPSA) is 83.0 Å². The van der Waals surface area contributed by atoms with E-state index in [1.807, 2.05) is 13.0 Å². The molecule has 1 aliphatic heterocycles. The van der Waals surface area contributed by atoms with Crippen molar-refractivity contribution >= 4 is 16.0 Å². The van der Waals surface area contributed by atoms with Gasteiger partial charge in [0.1, 0.15) is 0 Å². The van der Waals surface area contributed by atoms with Gasteiger partial charge in [0.15, 0.2) is 5.96 Å². The van der Waals surface area contributed by atoms with Crippen LogP contribution in [0.2, 0.25) is 0 Å². The molecule has 0 unspecified atom stereocenters. The minimum Gasteiger partial charge on any atom is -0.383 e. The van der Waals surface area contributed by atoms with Gasteiger partial charge in [-0.1, -0.05) is 36.4 Å². The van der Waals surface area contributed by atoms with Crippen LogP contribution in [-0.2, 0) is 34.3 Å². The molecular formula is C22H30N4O3S. The third-order valence-electron chi connectivity index (χ3n) is 4.98. The van der Waals surface area contributed by atoms with Crippen LogP contribution in [0.3, 0.4) is 0 Å². The molecule has 0 aliphatic carbocycles. The highest BCUT2D eigenvalue weighted by molar-refractivity contribution is 7.89. The quantitative estimate of drug-likeness (QED) is 0.381. The molecule has 0 bridgehead atoms. The molecule has 0 atom stereocenters. The highest BCUT2D eigenvalue weighted by Crippen LogP contribution is 2.19. The Morgan fingerprint density at radius 2 is 1.97 bits per heavy atom. The molecule has 2 N–H and O–H groups in total. The second-order valence-corrected chi connectivity index (χ2v) is 8.92. The number of methoxy groups -OCH3 is 1. The number of nitrogens with zero attached hydrogens (tertiary/aromatic N) is 2. The van der Waals surface area contributed by atoms with Crippen LogP contribution < -0.4 is 10.0 Å². The number of ether oxygens (including phenoxy) is 1. The second-order valence-electron chi connectivity index (χ2n) is 7.15. The standard InChI is InChI=1S/C22H30N4O3S/c1-3-23-22(26-13-11-19-8-4-5-9-20(19)17-26)24-16-18-7-6-10-21(15-18)30(27,28)25-12-14-29-2/h4-10,15,25H,3,11-14,16-17H2,1-2H3,(H,23,24). The summed E-state index contributed by atoms with van der Waals surface area (Å²) in [5.74, 6) is 0.846. The van der Waals surface area contributed by atoms with E-state index in [0.29, 0.717) is 13.2 Å². The van der Waals surface area contributed by atoms with Gasteiger partial charge in [0.05, 0.1) is 18.0 Å². The van der Waals surface area contributed by atoms with E-state index in [2.05, 4.69) is 39.2 Å².